The Morgan fingerprint density at radius 3 is 2.46 bits per heavy atom. The Labute approximate surface area is 335 Å². The molecule has 0 unspecified atom stereocenters. The van der Waals surface area contributed by atoms with Crippen molar-refractivity contribution in [1.82, 2.24) is 24.8 Å². The molecule has 2 saturated heterocycles. The molecule has 0 radical (unpaired) electrons. The highest BCUT2D eigenvalue weighted by atomic mass is 32.2. The van der Waals surface area contributed by atoms with Crippen molar-refractivity contribution in [3.63, 3.8) is 0 Å². The standard InChI is InChI=1S/C43H55N5O8S/c1-27-15-17-28(18-16-27)34-13-10-14-35(44-34)40(52)47-23-30-24-48-37(33(30)25-47)38(50)45-43(41(53)46-57(54,55)32-19-20-32)22-31(43)12-9-7-5-6-8-11-29(39(48)51)21-36(49)56-26-42(2,3)4/h9-10,12-18,29-33,37H,5-8,11,19-26H2,1-4H3,(H,45,50)(H,46,53)/b12-9-/t29-,30+,31-,33+,37+,43-/m1/s1. The molecule has 2 aromatic rings. The zero-order valence-electron chi connectivity index (χ0n) is 33.4. The Kier molecular flexibility index (Phi) is 11.4. The van der Waals surface area contributed by atoms with Crippen LogP contribution in [0.4, 0.5) is 0 Å². The van der Waals surface area contributed by atoms with Crippen LogP contribution in [0.5, 0.6) is 0 Å². The summed E-state index contributed by atoms with van der Waals surface area (Å²) >= 11 is 0. The minimum Gasteiger partial charge on any atom is -0.465 e. The van der Waals surface area contributed by atoms with E-state index in [0.29, 0.717) is 37.8 Å². The number of sulfonamides is 1. The molecule has 4 heterocycles. The summed E-state index contributed by atoms with van der Waals surface area (Å²) in [6.07, 6.45) is 8.35. The molecule has 0 spiro atoms. The molecule has 4 amide bonds. The number of likely N-dealkylation sites (tertiary alicyclic amines) is 1. The number of pyridine rings is 1. The van der Waals surface area contributed by atoms with Crippen LogP contribution in [0.25, 0.3) is 11.3 Å². The van der Waals surface area contributed by atoms with Gasteiger partial charge in [-0.25, -0.2) is 13.4 Å². The summed E-state index contributed by atoms with van der Waals surface area (Å²) in [7, 11) is -3.90. The molecule has 2 saturated carbocycles. The number of fused-ring (bicyclic) bond motifs is 4. The molecule has 2 aliphatic carbocycles. The van der Waals surface area contributed by atoms with Crippen LogP contribution in [0.2, 0.25) is 0 Å². The van der Waals surface area contributed by atoms with Crippen LogP contribution in [-0.4, -0.2) is 95.9 Å². The first-order valence-electron chi connectivity index (χ1n) is 20.4. The van der Waals surface area contributed by atoms with Crippen LogP contribution in [0.15, 0.2) is 54.6 Å². The number of esters is 1. The molecular formula is C43H55N5O8S. The quantitative estimate of drug-likeness (QED) is 0.287. The van der Waals surface area contributed by atoms with E-state index in [1.165, 1.54) is 0 Å². The number of carbonyl (C=O) groups excluding carboxylic acids is 5. The van der Waals surface area contributed by atoms with Gasteiger partial charge in [-0.2, -0.15) is 0 Å². The number of benzene rings is 1. The smallest absolute Gasteiger partial charge is 0.306 e. The van der Waals surface area contributed by atoms with Gasteiger partial charge in [0.2, 0.25) is 21.8 Å². The number of carbonyl (C=O) groups is 5. The lowest BCUT2D eigenvalue weighted by Gasteiger charge is -2.32. The molecule has 3 aliphatic heterocycles. The lowest BCUT2D eigenvalue weighted by atomic mass is 9.92. The Bertz CT molecular complexity index is 2040. The summed E-state index contributed by atoms with van der Waals surface area (Å²) in [6, 6.07) is 12.1. The molecule has 306 valence electrons. The normalized spacial score (nSPS) is 28.5. The first kappa shape index (κ1) is 40.6. The summed E-state index contributed by atoms with van der Waals surface area (Å²) in [4.78, 5) is 78.4. The third kappa shape index (κ3) is 9.10. The van der Waals surface area contributed by atoms with Crippen LogP contribution < -0.4 is 10.0 Å². The number of hydrogen-bond donors (Lipinski definition) is 2. The molecule has 7 rings (SSSR count). The Balaban J connectivity index is 1.17. The molecule has 14 heteroatoms. The van der Waals surface area contributed by atoms with Gasteiger partial charge in [-0.15, -0.1) is 0 Å². The van der Waals surface area contributed by atoms with Crippen molar-refractivity contribution in [2.75, 3.05) is 26.2 Å². The number of amides is 4. The summed E-state index contributed by atoms with van der Waals surface area (Å²) in [5, 5.41) is 2.32. The minimum absolute atomic E-state index is 0.129. The molecule has 4 fully saturated rings. The molecule has 1 aromatic heterocycles. The van der Waals surface area contributed by atoms with E-state index in [9.17, 15) is 32.4 Å². The largest absolute Gasteiger partial charge is 0.465 e. The first-order valence-corrected chi connectivity index (χ1v) is 21.9. The minimum atomic E-state index is -3.90. The van der Waals surface area contributed by atoms with Crippen molar-refractivity contribution in [2.45, 2.75) is 102 Å². The maximum absolute atomic E-state index is 14.7. The van der Waals surface area contributed by atoms with Crippen molar-refractivity contribution in [3.8, 4) is 11.3 Å². The van der Waals surface area contributed by atoms with Gasteiger partial charge in [0.15, 0.2) is 0 Å². The van der Waals surface area contributed by atoms with E-state index in [2.05, 4.69) is 10.0 Å². The van der Waals surface area contributed by atoms with E-state index in [0.717, 1.165) is 24.0 Å². The highest BCUT2D eigenvalue weighted by Crippen LogP contribution is 2.47. The van der Waals surface area contributed by atoms with E-state index in [4.69, 9.17) is 9.72 Å². The lowest BCUT2D eigenvalue weighted by Crippen LogP contribution is -2.58. The van der Waals surface area contributed by atoms with Crippen LogP contribution in [0.3, 0.4) is 0 Å². The van der Waals surface area contributed by atoms with Crippen molar-refractivity contribution in [2.24, 2.45) is 29.1 Å². The Morgan fingerprint density at radius 2 is 1.74 bits per heavy atom. The average Bonchev–Trinajstić information content (AvgIpc) is 4.06. The molecule has 5 aliphatic rings. The van der Waals surface area contributed by atoms with E-state index in [1.54, 1.807) is 21.9 Å². The average molecular weight is 802 g/mol. The van der Waals surface area contributed by atoms with E-state index in [1.807, 2.05) is 70.2 Å². The summed E-state index contributed by atoms with van der Waals surface area (Å²) in [5.74, 6) is -4.37. The van der Waals surface area contributed by atoms with Crippen LogP contribution >= 0.6 is 0 Å². The number of aromatic nitrogens is 1. The number of rotatable bonds is 8. The van der Waals surface area contributed by atoms with E-state index in [-0.39, 0.29) is 67.9 Å². The van der Waals surface area contributed by atoms with Gasteiger partial charge < -0.3 is 19.9 Å². The van der Waals surface area contributed by atoms with Gasteiger partial charge in [0.1, 0.15) is 17.3 Å². The Morgan fingerprint density at radius 1 is 0.982 bits per heavy atom. The zero-order chi connectivity index (χ0) is 40.7. The van der Waals surface area contributed by atoms with Crippen molar-refractivity contribution < 1.29 is 37.1 Å². The predicted octanol–water partition coefficient (Wildman–Crippen LogP) is 4.56. The number of aryl methyl sites for hydroxylation is 1. The van der Waals surface area contributed by atoms with Gasteiger partial charge in [0.05, 0.1) is 24.0 Å². The molecule has 57 heavy (non-hydrogen) atoms. The molecule has 1 aromatic carbocycles. The van der Waals surface area contributed by atoms with Gasteiger partial charge in [-0.3, -0.25) is 28.7 Å². The molecule has 13 nitrogen and oxygen atoms in total. The van der Waals surface area contributed by atoms with Crippen molar-refractivity contribution in [1.29, 1.82) is 0 Å². The molecule has 6 atom stereocenters. The third-order valence-electron chi connectivity index (χ3n) is 12.0. The predicted molar refractivity (Wildman–Crippen MR) is 213 cm³/mol. The molecular weight excluding hydrogens is 747 g/mol. The topological polar surface area (TPSA) is 172 Å². The van der Waals surface area contributed by atoms with E-state index >= 15 is 0 Å². The second kappa shape index (κ2) is 16.0. The Hall–Kier alpha value is -4.59. The van der Waals surface area contributed by atoms with Crippen molar-refractivity contribution >= 4 is 39.6 Å². The van der Waals surface area contributed by atoms with Gasteiger partial charge >= 0.3 is 5.97 Å². The monoisotopic (exact) mass is 801 g/mol. The highest BCUT2D eigenvalue weighted by molar-refractivity contribution is 7.91. The number of nitrogens with zero attached hydrogens (tertiary/aromatic N) is 3. The van der Waals surface area contributed by atoms with Gasteiger partial charge in [0.25, 0.3) is 11.8 Å². The lowest BCUT2D eigenvalue weighted by molar-refractivity contribution is -0.152. The molecule has 0 bridgehead atoms. The SMILES string of the molecule is Cc1ccc(-c2cccc(C(=O)N3C[C@H]4CN5C(=O)[C@@H](CC(=O)OCC(C)(C)C)CCCCC/C=C\[C@@H]6C[C@@]6(C(=O)NS(=O)(=O)C6CC6)NC(=O)[C@@H]5[C@H]4C3)n2)cc1. The van der Waals surface area contributed by atoms with Gasteiger partial charge in [-0.1, -0.05) is 81.7 Å². The number of allylic oxidation sites excluding steroid dienone is 1. The first-order chi connectivity index (χ1) is 27.0. The highest BCUT2D eigenvalue weighted by Gasteiger charge is 2.63. The number of nitrogens with one attached hydrogen (secondary N) is 2. The van der Waals surface area contributed by atoms with Gasteiger partial charge in [0, 0.05) is 48.9 Å². The summed E-state index contributed by atoms with van der Waals surface area (Å²) in [6.45, 7) is 8.69. The summed E-state index contributed by atoms with van der Waals surface area (Å²) in [5.41, 5.74) is 1.14. The fraction of sp³-hybridized carbons (Fsp3) is 0.581. The van der Waals surface area contributed by atoms with Crippen LogP contribution in [0.1, 0.15) is 94.6 Å². The zero-order valence-corrected chi connectivity index (χ0v) is 34.2. The maximum Gasteiger partial charge on any atom is 0.306 e. The van der Waals surface area contributed by atoms with Crippen LogP contribution in [-0.2, 0) is 33.9 Å². The fourth-order valence-corrected chi connectivity index (χ4v) is 9.89. The van der Waals surface area contributed by atoms with Gasteiger partial charge in [-0.05, 0) is 63.0 Å². The number of ether oxygens (including phenoxy) is 1. The fourth-order valence-electron chi connectivity index (χ4n) is 8.53. The second-order valence-electron chi connectivity index (χ2n) is 18.0. The summed E-state index contributed by atoms with van der Waals surface area (Å²) < 4.78 is 33.7. The third-order valence-corrected chi connectivity index (χ3v) is 13.8. The van der Waals surface area contributed by atoms with Crippen LogP contribution in [0, 0.1) is 36.0 Å². The second-order valence-corrected chi connectivity index (χ2v) is 19.9. The molecule has 2 N–H and O–H groups in total. The van der Waals surface area contributed by atoms with E-state index < -0.39 is 62.4 Å². The maximum atomic E-state index is 14.7. The number of hydrogen-bond acceptors (Lipinski definition) is 9. The van der Waals surface area contributed by atoms with Crippen molar-refractivity contribution in [3.05, 3.63) is 65.9 Å².